The van der Waals surface area contributed by atoms with Crippen molar-refractivity contribution in [3.63, 3.8) is 0 Å². The number of halogens is 1. The number of para-hydroxylation sites is 1. The van der Waals surface area contributed by atoms with Gasteiger partial charge in [-0.3, -0.25) is 14.8 Å². The Morgan fingerprint density at radius 3 is 2.43 bits per heavy atom. The van der Waals surface area contributed by atoms with E-state index >= 15 is 0 Å². The molecule has 2 rings (SSSR count). The lowest BCUT2D eigenvalue weighted by molar-refractivity contribution is -0.114. The van der Waals surface area contributed by atoms with Crippen LogP contribution in [0.2, 0.25) is 0 Å². The van der Waals surface area contributed by atoms with Crippen molar-refractivity contribution >= 4 is 11.6 Å². The van der Waals surface area contributed by atoms with Crippen LogP contribution in [0.4, 0.5) is 10.1 Å². The highest BCUT2D eigenvalue weighted by Gasteiger charge is 2.38. The molecule has 2 atom stereocenters. The van der Waals surface area contributed by atoms with Gasteiger partial charge in [-0.25, -0.2) is 0 Å². The Bertz CT molecular complexity index is 626. The molecule has 2 unspecified atom stereocenters. The van der Waals surface area contributed by atoms with Gasteiger partial charge in [0.15, 0.2) is 0 Å². The molecule has 23 heavy (non-hydrogen) atoms. The average molecular weight is 319 g/mol. The SMILES string of the molecule is CC(C)CC(C)c1ccccc1N1C(C)C(C(N)=O)=C(F)N1C. The van der Waals surface area contributed by atoms with Crippen LogP contribution >= 0.6 is 0 Å². The molecule has 0 aromatic heterocycles. The van der Waals surface area contributed by atoms with E-state index in [-0.39, 0.29) is 5.57 Å². The van der Waals surface area contributed by atoms with Gasteiger partial charge in [-0.15, -0.1) is 0 Å². The number of carbonyl (C=O) groups excluding carboxylic acids is 1. The maximum Gasteiger partial charge on any atom is 0.251 e. The van der Waals surface area contributed by atoms with Gasteiger partial charge in [-0.1, -0.05) is 39.0 Å². The van der Waals surface area contributed by atoms with Crippen LogP contribution in [0.1, 0.15) is 45.6 Å². The number of anilines is 1. The number of rotatable bonds is 5. The molecular formula is C18H26FN3O. The fourth-order valence-corrected chi connectivity index (χ4v) is 3.45. The minimum atomic E-state index is -0.711. The first-order valence-electron chi connectivity index (χ1n) is 8.07. The van der Waals surface area contributed by atoms with Crippen molar-refractivity contribution in [2.45, 2.75) is 46.1 Å². The summed E-state index contributed by atoms with van der Waals surface area (Å²) in [6, 6.07) is 7.54. The molecule has 5 heteroatoms. The van der Waals surface area contributed by atoms with Crippen molar-refractivity contribution in [3.8, 4) is 0 Å². The van der Waals surface area contributed by atoms with Crippen molar-refractivity contribution in [1.29, 1.82) is 0 Å². The van der Waals surface area contributed by atoms with Crippen molar-refractivity contribution in [1.82, 2.24) is 5.01 Å². The lowest BCUT2D eigenvalue weighted by Crippen LogP contribution is -2.40. The first kappa shape index (κ1) is 17.3. The molecule has 0 bridgehead atoms. The molecule has 1 aliphatic rings. The van der Waals surface area contributed by atoms with E-state index in [1.807, 2.05) is 23.2 Å². The number of carbonyl (C=O) groups is 1. The zero-order chi connectivity index (χ0) is 17.3. The summed E-state index contributed by atoms with van der Waals surface area (Å²) in [5.74, 6) is -0.372. The molecule has 126 valence electrons. The molecule has 1 heterocycles. The van der Waals surface area contributed by atoms with Gasteiger partial charge in [-0.2, -0.15) is 4.39 Å². The van der Waals surface area contributed by atoms with Gasteiger partial charge < -0.3 is 5.73 Å². The molecule has 1 amide bonds. The van der Waals surface area contributed by atoms with Gasteiger partial charge in [0.2, 0.25) is 5.95 Å². The number of primary amides is 1. The maximum absolute atomic E-state index is 14.4. The second-order valence-corrected chi connectivity index (χ2v) is 6.70. The van der Waals surface area contributed by atoms with Crippen molar-refractivity contribution in [3.05, 3.63) is 41.4 Å². The van der Waals surface area contributed by atoms with Crippen LogP contribution in [0.15, 0.2) is 35.8 Å². The summed E-state index contributed by atoms with van der Waals surface area (Å²) < 4.78 is 14.4. The Hall–Kier alpha value is -2.04. The third kappa shape index (κ3) is 3.19. The second kappa shape index (κ2) is 6.60. The predicted molar refractivity (Wildman–Crippen MR) is 91.3 cm³/mol. The highest BCUT2D eigenvalue weighted by atomic mass is 19.1. The Morgan fingerprint density at radius 1 is 1.30 bits per heavy atom. The lowest BCUT2D eigenvalue weighted by Gasteiger charge is -2.34. The van der Waals surface area contributed by atoms with Crippen molar-refractivity contribution < 1.29 is 9.18 Å². The highest BCUT2D eigenvalue weighted by Crippen LogP contribution is 2.38. The van der Waals surface area contributed by atoms with Crippen molar-refractivity contribution in [2.24, 2.45) is 11.7 Å². The Kier molecular flexibility index (Phi) is 4.97. The number of hydrogen-bond acceptors (Lipinski definition) is 3. The number of hydrogen-bond donors (Lipinski definition) is 1. The molecule has 0 saturated heterocycles. The summed E-state index contributed by atoms with van der Waals surface area (Å²) in [6.07, 6.45) is 1.04. The molecule has 2 N–H and O–H groups in total. The summed E-state index contributed by atoms with van der Waals surface area (Å²) in [5.41, 5.74) is 7.45. The third-order valence-electron chi connectivity index (χ3n) is 4.42. The number of benzene rings is 1. The molecule has 0 spiro atoms. The number of nitrogens with two attached hydrogens (primary N) is 1. The Morgan fingerprint density at radius 2 is 1.91 bits per heavy atom. The molecule has 0 saturated carbocycles. The van der Waals surface area contributed by atoms with Crippen LogP contribution in [0, 0.1) is 5.92 Å². The van der Waals surface area contributed by atoms with E-state index < -0.39 is 17.9 Å². The smallest absolute Gasteiger partial charge is 0.251 e. The van der Waals surface area contributed by atoms with Gasteiger partial charge in [0.05, 0.1) is 17.3 Å². The van der Waals surface area contributed by atoms with Crippen LogP contribution in [0.5, 0.6) is 0 Å². The molecule has 0 radical (unpaired) electrons. The standard InChI is InChI=1S/C18H26FN3O/c1-11(2)10-12(3)14-8-6-7-9-15(14)22-13(4)16(18(20)23)17(19)21(22)5/h6-9,11-13H,10H2,1-5H3,(H2,20,23). The lowest BCUT2D eigenvalue weighted by atomic mass is 9.90. The summed E-state index contributed by atoms with van der Waals surface area (Å²) in [4.78, 5) is 11.6. The fraction of sp³-hybridized carbons (Fsp3) is 0.500. The van der Waals surface area contributed by atoms with Crippen molar-refractivity contribution in [2.75, 3.05) is 12.1 Å². The predicted octanol–water partition coefficient (Wildman–Crippen LogP) is 3.56. The van der Waals surface area contributed by atoms with E-state index in [4.69, 9.17) is 5.73 Å². The number of hydrazine groups is 1. The van der Waals surface area contributed by atoms with Crippen LogP contribution in [-0.4, -0.2) is 24.0 Å². The third-order valence-corrected chi connectivity index (χ3v) is 4.42. The summed E-state index contributed by atoms with van der Waals surface area (Å²) in [5, 5.41) is 3.19. The van der Waals surface area contributed by atoms with Gasteiger partial charge >= 0.3 is 0 Å². The summed E-state index contributed by atoms with van der Waals surface area (Å²) in [7, 11) is 1.62. The van der Waals surface area contributed by atoms with Gasteiger partial charge in [0.1, 0.15) is 0 Å². The molecule has 1 aromatic rings. The van der Waals surface area contributed by atoms with E-state index in [2.05, 4.69) is 26.8 Å². The van der Waals surface area contributed by atoms with Crippen LogP contribution in [0.3, 0.4) is 0 Å². The van der Waals surface area contributed by atoms with Crippen LogP contribution < -0.4 is 10.7 Å². The van der Waals surface area contributed by atoms with E-state index in [1.165, 1.54) is 5.01 Å². The number of amides is 1. The zero-order valence-electron chi connectivity index (χ0n) is 14.5. The van der Waals surface area contributed by atoms with Crippen LogP contribution in [0.25, 0.3) is 0 Å². The van der Waals surface area contributed by atoms with Crippen LogP contribution in [-0.2, 0) is 4.79 Å². The zero-order valence-corrected chi connectivity index (χ0v) is 14.5. The Labute approximate surface area is 137 Å². The first-order chi connectivity index (χ1) is 10.8. The average Bonchev–Trinajstić information content (AvgIpc) is 2.68. The maximum atomic E-state index is 14.4. The van der Waals surface area contributed by atoms with E-state index in [9.17, 15) is 9.18 Å². The first-order valence-corrected chi connectivity index (χ1v) is 8.07. The van der Waals surface area contributed by atoms with E-state index in [1.54, 1.807) is 14.0 Å². The minimum Gasteiger partial charge on any atom is -0.366 e. The topological polar surface area (TPSA) is 49.6 Å². The highest BCUT2D eigenvalue weighted by molar-refractivity contribution is 5.95. The van der Waals surface area contributed by atoms with Gasteiger partial charge in [-0.05, 0) is 36.8 Å². The molecular weight excluding hydrogens is 293 g/mol. The fourth-order valence-electron chi connectivity index (χ4n) is 3.45. The summed E-state index contributed by atoms with van der Waals surface area (Å²) in [6.45, 7) is 8.36. The normalized spacial score (nSPS) is 19.7. The molecule has 0 fully saturated rings. The minimum absolute atomic E-state index is 0.0267. The Balaban J connectivity index is 2.42. The molecule has 1 aromatic carbocycles. The molecule has 1 aliphatic heterocycles. The van der Waals surface area contributed by atoms with E-state index in [0.717, 1.165) is 17.7 Å². The summed E-state index contributed by atoms with van der Waals surface area (Å²) >= 11 is 0. The molecule has 4 nitrogen and oxygen atoms in total. The molecule has 0 aliphatic carbocycles. The van der Waals surface area contributed by atoms with E-state index in [0.29, 0.717) is 11.8 Å². The quantitative estimate of drug-likeness (QED) is 0.844. The van der Waals surface area contributed by atoms with Gasteiger partial charge in [0, 0.05) is 7.05 Å². The second-order valence-electron chi connectivity index (χ2n) is 6.70. The monoisotopic (exact) mass is 319 g/mol. The van der Waals surface area contributed by atoms with Gasteiger partial charge in [0.25, 0.3) is 5.91 Å². The largest absolute Gasteiger partial charge is 0.366 e. The number of nitrogens with zero attached hydrogens (tertiary/aromatic N) is 2.